The van der Waals surface area contributed by atoms with Crippen molar-refractivity contribution in [1.82, 2.24) is 0 Å². The molecule has 0 spiro atoms. The van der Waals surface area contributed by atoms with Crippen molar-refractivity contribution in [1.29, 1.82) is 0 Å². The molecule has 5 rings (SSSR count). The molecule has 0 unspecified atom stereocenters. The molecule has 2 aliphatic carbocycles. The molecular weight excluding hydrogens is 362 g/mol. The van der Waals surface area contributed by atoms with Crippen molar-refractivity contribution < 1.29 is 14.4 Å². The Morgan fingerprint density at radius 1 is 0.926 bits per heavy atom. The fourth-order valence-electron chi connectivity index (χ4n) is 5.28. The van der Waals surface area contributed by atoms with E-state index in [1.54, 1.807) is 42.5 Å². The summed E-state index contributed by atoms with van der Waals surface area (Å²) < 4.78 is 0. The number of nitrogens with zero attached hydrogens (tertiary/aromatic N) is 1. The van der Waals surface area contributed by atoms with Gasteiger partial charge in [-0.15, -0.1) is 0 Å². The molecular formula is C22H18ClNO3. The lowest BCUT2D eigenvalue weighted by atomic mass is 9.81. The van der Waals surface area contributed by atoms with Gasteiger partial charge < -0.3 is 0 Å². The average Bonchev–Trinajstić information content (AvgIpc) is 3.36. The Labute approximate surface area is 162 Å². The zero-order chi connectivity index (χ0) is 18.7. The van der Waals surface area contributed by atoms with Crippen molar-refractivity contribution in [3.63, 3.8) is 0 Å². The molecule has 136 valence electrons. The van der Waals surface area contributed by atoms with E-state index in [1.807, 2.05) is 6.07 Å². The molecule has 2 saturated carbocycles. The maximum Gasteiger partial charge on any atom is 0.237 e. The van der Waals surface area contributed by atoms with Gasteiger partial charge in [-0.25, -0.2) is 4.90 Å². The Bertz CT molecular complexity index is 943. The molecule has 1 heterocycles. The molecule has 4 nitrogen and oxygen atoms in total. The maximum atomic E-state index is 13.1. The van der Waals surface area contributed by atoms with Gasteiger partial charge in [0.1, 0.15) is 0 Å². The predicted octanol–water partition coefficient (Wildman–Crippen LogP) is 4.11. The summed E-state index contributed by atoms with van der Waals surface area (Å²) in [5, 5.41) is 0.400. The predicted molar refractivity (Wildman–Crippen MR) is 102 cm³/mol. The minimum absolute atomic E-state index is 0.151. The molecule has 1 saturated heterocycles. The van der Waals surface area contributed by atoms with Gasteiger partial charge in [-0.05, 0) is 49.3 Å². The summed E-state index contributed by atoms with van der Waals surface area (Å²) >= 11 is 6.14. The van der Waals surface area contributed by atoms with Gasteiger partial charge in [0, 0.05) is 16.1 Å². The summed E-state index contributed by atoms with van der Waals surface area (Å²) in [6.07, 6.45) is 3.03. The van der Waals surface area contributed by atoms with E-state index >= 15 is 0 Å². The molecule has 2 aromatic carbocycles. The van der Waals surface area contributed by atoms with E-state index in [4.69, 9.17) is 11.6 Å². The van der Waals surface area contributed by atoms with Crippen LogP contribution in [0.5, 0.6) is 0 Å². The third kappa shape index (κ3) is 2.39. The Balaban J connectivity index is 1.59. The highest BCUT2D eigenvalue weighted by molar-refractivity contribution is 6.32. The normalized spacial score (nSPS) is 28.7. The summed E-state index contributed by atoms with van der Waals surface area (Å²) in [5.41, 5.74) is 1.15. The Kier molecular flexibility index (Phi) is 3.73. The smallest absolute Gasteiger partial charge is 0.237 e. The van der Waals surface area contributed by atoms with Gasteiger partial charge >= 0.3 is 0 Å². The second-order valence-corrected chi connectivity index (χ2v) is 8.19. The number of carbonyl (C=O) groups is 3. The van der Waals surface area contributed by atoms with Crippen LogP contribution in [-0.2, 0) is 9.59 Å². The lowest BCUT2D eigenvalue weighted by molar-refractivity contribution is -0.123. The summed E-state index contributed by atoms with van der Waals surface area (Å²) in [6.45, 7) is 0. The quantitative estimate of drug-likeness (QED) is 0.595. The van der Waals surface area contributed by atoms with E-state index in [1.165, 1.54) is 4.90 Å². The van der Waals surface area contributed by atoms with E-state index in [-0.39, 0.29) is 29.4 Å². The van der Waals surface area contributed by atoms with Gasteiger partial charge in [-0.1, -0.05) is 41.9 Å². The first-order valence-corrected chi connectivity index (χ1v) is 9.71. The number of ketones is 1. The summed E-state index contributed by atoms with van der Waals surface area (Å²) in [6, 6.07) is 13.6. The second-order valence-electron chi connectivity index (χ2n) is 7.75. The van der Waals surface area contributed by atoms with Crippen molar-refractivity contribution in [2.75, 3.05) is 4.90 Å². The number of benzene rings is 2. The first kappa shape index (κ1) is 16.7. The molecule has 0 aromatic heterocycles. The number of halogens is 1. The summed E-state index contributed by atoms with van der Waals surface area (Å²) in [7, 11) is 0. The molecule has 4 atom stereocenters. The summed E-state index contributed by atoms with van der Waals surface area (Å²) in [4.78, 5) is 40.6. The standard InChI is InChI=1S/C22H18ClNO3/c23-15-8-9-17(16(11-15)20(25)12-4-2-1-3-5-12)24-21(26)18-13-6-7-14(10-13)19(18)22(24)27/h1-5,8-9,11,13-14,18-19H,6-7,10H2/t13-,14+,18+,19-. The van der Waals surface area contributed by atoms with Crippen LogP contribution < -0.4 is 4.90 Å². The van der Waals surface area contributed by atoms with Crippen molar-refractivity contribution in [3.05, 3.63) is 64.7 Å². The molecule has 2 amide bonds. The van der Waals surface area contributed by atoms with Gasteiger partial charge in [0.2, 0.25) is 11.8 Å². The molecule has 5 heteroatoms. The van der Waals surface area contributed by atoms with Crippen LogP contribution >= 0.6 is 11.6 Å². The number of rotatable bonds is 3. The third-order valence-corrected chi connectivity index (χ3v) is 6.64. The molecule has 27 heavy (non-hydrogen) atoms. The lowest BCUT2D eigenvalue weighted by Gasteiger charge is -2.20. The minimum Gasteiger partial charge on any atom is -0.289 e. The van der Waals surface area contributed by atoms with E-state index in [9.17, 15) is 14.4 Å². The summed E-state index contributed by atoms with van der Waals surface area (Å²) in [5.74, 6) is -0.362. The third-order valence-electron chi connectivity index (χ3n) is 6.41. The van der Waals surface area contributed by atoms with Crippen molar-refractivity contribution in [3.8, 4) is 0 Å². The van der Waals surface area contributed by atoms with Gasteiger partial charge in [-0.3, -0.25) is 14.4 Å². The number of hydrogen-bond acceptors (Lipinski definition) is 3. The van der Waals surface area contributed by atoms with Crippen LogP contribution in [0.25, 0.3) is 0 Å². The molecule has 1 aliphatic heterocycles. The van der Waals surface area contributed by atoms with Crippen LogP contribution in [0.15, 0.2) is 48.5 Å². The average molecular weight is 380 g/mol. The van der Waals surface area contributed by atoms with E-state index < -0.39 is 0 Å². The highest BCUT2D eigenvalue weighted by Gasteiger charge is 2.61. The Morgan fingerprint density at radius 2 is 1.56 bits per heavy atom. The monoisotopic (exact) mass is 379 g/mol. The Morgan fingerprint density at radius 3 is 2.19 bits per heavy atom. The molecule has 2 aromatic rings. The van der Waals surface area contributed by atoms with Crippen molar-refractivity contribution in [2.24, 2.45) is 23.7 Å². The first-order valence-electron chi connectivity index (χ1n) is 9.33. The van der Waals surface area contributed by atoms with E-state index in [2.05, 4.69) is 0 Å². The molecule has 3 fully saturated rings. The van der Waals surface area contributed by atoms with Crippen LogP contribution in [0.1, 0.15) is 35.2 Å². The van der Waals surface area contributed by atoms with Gasteiger partial charge in [0.05, 0.1) is 17.5 Å². The van der Waals surface area contributed by atoms with Gasteiger partial charge in [0.15, 0.2) is 5.78 Å². The number of carbonyl (C=O) groups excluding carboxylic acids is 3. The van der Waals surface area contributed by atoms with Crippen LogP contribution in [0, 0.1) is 23.7 Å². The lowest BCUT2D eigenvalue weighted by Crippen LogP contribution is -2.34. The van der Waals surface area contributed by atoms with Crippen LogP contribution in [0.4, 0.5) is 5.69 Å². The molecule has 0 radical (unpaired) electrons. The Hall–Kier alpha value is -2.46. The van der Waals surface area contributed by atoms with Crippen molar-refractivity contribution >= 4 is 34.9 Å². The number of fused-ring (bicyclic) bond motifs is 5. The van der Waals surface area contributed by atoms with E-state index in [0.29, 0.717) is 33.7 Å². The number of hydrogen-bond donors (Lipinski definition) is 0. The highest BCUT2D eigenvalue weighted by atomic mass is 35.5. The SMILES string of the molecule is O=C(c1ccccc1)c1cc(Cl)ccc1N1C(=O)[C@@H]2[C@H]3CC[C@H](C3)[C@@H]2C1=O. The number of anilines is 1. The number of imide groups is 1. The van der Waals surface area contributed by atoms with Gasteiger partial charge in [0.25, 0.3) is 0 Å². The van der Waals surface area contributed by atoms with Crippen LogP contribution in [0.3, 0.4) is 0 Å². The van der Waals surface area contributed by atoms with E-state index in [0.717, 1.165) is 19.3 Å². The first-order chi connectivity index (χ1) is 13.1. The highest BCUT2D eigenvalue weighted by Crippen LogP contribution is 2.56. The topological polar surface area (TPSA) is 54.5 Å². The molecule has 0 N–H and O–H groups in total. The minimum atomic E-state index is -0.242. The molecule has 3 aliphatic rings. The second kappa shape index (κ2) is 6.03. The van der Waals surface area contributed by atoms with Crippen LogP contribution in [-0.4, -0.2) is 17.6 Å². The zero-order valence-electron chi connectivity index (χ0n) is 14.6. The number of amides is 2. The maximum absolute atomic E-state index is 13.1. The molecule has 2 bridgehead atoms. The largest absolute Gasteiger partial charge is 0.289 e. The van der Waals surface area contributed by atoms with Gasteiger partial charge in [-0.2, -0.15) is 0 Å². The van der Waals surface area contributed by atoms with Crippen LogP contribution in [0.2, 0.25) is 5.02 Å². The van der Waals surface area contributed by atoms with Crippen molar-refractivity contribution in [2.45, 2.75) is 19.3 Å². The zero-order valence-corrected chi connectivity index (χ0v) is 15.4. The fraction of sp³-hybridized carbons (Fsp3) is 0.318. The fourth-order valence-corrected chi connectivity index (χ4v) is 5.45.